The molecule has 0 saturated carbocycles. The molecular formula is C31H40N2O8S. The van der Waals surface area contributed by atoms with E-state index in [1.165, 1.54) is 16.4 Å². The van der Waals surface area contributed by atoms with Crippen LogP contribution in [0.25, 0.3) is 0 Å². The highest BCUT2D eigenvalue weighted by molar-refractivity contribution is 7.89. The Kier molecular flexibility index (Phi) is 10.5. The van der Waals surface area contributed by atoms with E-state index < -0.39 is 34.4 Å². The lowest BCUT2D eigenvalue weighted by molar-refractivity contribution is -0.0907. The number of fused-ring (bicyclic) bond motifs is 3. The predicted octanol–water partition coefficient (Wildman–Crippen LogP) is 3.65. The van der Waals surface area contributed by atoms with Crippen LogP contribution in [0.4, 0.5) is 4.79 Å². The van der Waals surface area contributed by atoms with Crippen molar-refractivity contribution in [2.75, 3.05) is 32.9 Å². The molecule has 3 heterocycles. The maximum absolute atomic E-state index is 13.8. The molecule has 1 unspecified atom stereocenters. The Balaban J connectivity index is 1.33. The van der Waals surface area contributed by atoms with Crippen LogP contribution in [0.1, 0.15) is 37.7 Å². The number of rotatable bonds is 7. The lowest BCUT2D eigenvalue weighted by Crippen LogP contribution is -2.51. The van der Waals surface area contributed by atoms with Crippen molar-refractivity contribution in [2.45, 2.75) is 68.0 Å². The third-order valence-electron chi connectivity index (χ3n) is 7.89. The van der Waals surface area contributed by atoms with Gasteiger partial charge in [0, 0.05) is 19.2 Å². The highest BCUT2D eigenvalue weighted by atomic mass is 32.2. The number of amides is 1. The van der Waals surface area contributed by atoms with Gasteiger partial charge in [-0.15, -0.1) is 0 Å². The molecule has 2 fully saturated rings. The van der Waals surface area contributed by atoms with Gasteiger partial charge in [0.1, 0.15) is 11.9 Å². The average Bonchev–Trinajstić information content (AvgIpc) is 3.60. The molecule has 10 nitrogen and oxygen atoms in total. The number of hydrogen-bond donors (Lipinski definition) is 2. The minimum Gasteiger partial charge on any atom is -0.493 e. The fraction of sp³-hybridized carbons (Fsp3) is 0.516. The van der Waals surface area contributed by atoms with Gasteiger partial charge in [-0.05, 0) is 56.2 Å². The summed E-state index contributed by atoms with van der Waals surface area (Å²) in [7, 11) is -3.97. The maximum Gasteiger partial charge on any atom is 0.407 e. The van der Waals surface area contributed by atoms with Crippen molar-refractivity contribution in [1.29, 1.82) is 0 Å². The van der Waals surface area contributed by atoms with Gasteiger partial charge in [0.15, 0.2) is 6.29 Å². The second kappa shape index (κ2) is 14.5. The van der Waals surface area contributed by atoms with Crippen LogP contribution >= 0.6 is 0 Å². The lowest BCUT2D eigenvalue weighted by Gasteiger charge is -2.30. The van der Waals surface area contributed by atoms with E-state index in [9.17, 15) is 18.3 Å². The number of benzene rings is 2. The van der Waals surface area contributed by atoms with Gasteiger partial charge in [-0.2, -0.15) is 4.31 Å². The van der Waals surface area contributed by atoms with Gasteiger partial charge in [0.2, 0.25) is 10.0 Å². The Hall–Kier alpha value is -2.96. The largest absolute Gasteiger partial charge is 0.493 e. The number of allylic oxidation sites excluding steroid dienone is 1. The van der Waals surface area contributed by atoms with Crippen LogP contribution in [0.5, 0.6) is 5.75 Å². The smallest absolute Gasteiger partial charge is 0.407 e. The van der Waals surface area contributed by atoms with Crippen molar-refractivity contribution in [3.05, 3.63) is 72.3 Å². The van der Waals surface area contributed by atoms with Crippen LogP contribution in [-0.2, 0) is 30.7 Å². The number of aliphatic hydroxyl groups excluding tert-OH is 1. The topological polar surface area (TPSA) is 124 Å². The van der Waals surface area contributed by atoms with Gasteiger partial charge >= 0.3 is 6.09 Å². The Morgan fingerprint density at radius 1 is 1.05 bits per heavy atom. The summed E-state index contributed by atoms with van der Waals surface area (Å²) < 4.78 is 51.6. The zero-order valence-electron chi connectivity index (χ0n) is 23.7. The van der Waals surface area contributed by atoms with Crippen molar-refractivity contribution < 1.29 is 37.3 Å². The molecule has 228 valence electrons. The summed E-state index contributed by atoms with van der Waals surface area (Å²) in [5, 5.41) is 14.3. The van der Waals surface area contributed by atoms with Crippen LogP contribution in [0.15, 0.2) is 71.6 Å². The molecule has 0 radical (unpaired) electrons. The molecule has 5 atom stereocenters. The van der Waals surface area contributed by atoms with Crippen LogP contribution < -0.4 is 10.1 Å². The molecule has 3 aliphatic heterocycles. The molecule has 0 aromatic heterocycles. The van der Waals surface area contributed by atoms with Crippen LogP contribution in [-0.4, -0.2) is 81.4 Å². The lowest BCUT2D eigenvalue weighted by atomic mass is 10.0. The summed E-state index contributed by atoms with van der Waals surface area (Å²) in [6.07, 6.45) is 5.47. The van der Waals surface area contributed by atoms with Gasteiger partial charge in [-0.25, -0.2) is 13.2 Å². The zero-order chi connectivity index (χ0) is 29.4. The van der Waals surface area contributed by atoms with Gasteiger partial charge in [-0.3, -0.25) is 0 Å². The molecule has 1 amide bonds. The van der Waals surface area contributed by atoms with Crippen molar-refractivity contribution in [3.8, 4) is 5.75 Å². The fourth-order valence-electron chi connectivity index (χ4n) is 5.57. The van der Waals surface area contributed by atoms with Gasteiger partial charge in [0.25, 0.3) is 0 Å². The number of sulfonamides is 1. The summed E-state index contributed by atoms with van der Waals surface area (Å²) in [5.41, 5.74) is 0.885. The normalized spacial score (nSPS) is 26.6. The van der Waals surface area contributed by atoms with Gasteiger partial charge in [0.05, 0.1) is 42.8 Å². The van der Waals surface area contributed by atoms with Gasteiger partial charge < -0.3 is 29.4 Å². The first kappa shape index (κ1) is 30.5. The number of nitrogens with zero attached hydrogens (tertiary/aromatic N) is 1. The molecule has 11 heteroatoms. The first-order valence-corrected chi connectivity index (χ1v) is 16.1. The Labute approximate surface area is 247 Å². The number of β-amino-alcohol motifs (C(OH)–C–C–N with tert-alkyl or cyclic N) is 1. The summed E-state index contributed by atoms with van der Waals surface area (Å²) in [5.74, 6) is 0.447. The number of carbonyl (C=O) groups is 1. The zero-order valence-corrected chi connectivity index (χ0v) is 24.5. The molecule has 2 saturated heterocycles. The molecule has 2 aromatic carbocycles. The van der Waals surface area contributed by atoms with Crippen LogP contribution in [0, 0.1) is 5.92 Å². The molecule has 5 rings (SSSR count). The van der Waals surface area contributed by atoms with E-state index in [4.69, 9.17) is 18.9 Å². The molecule has 3 aliphatic rings. The highest BCUT2D eigenvalue weighted by Crippen LogP contribution is 2.33. The molecule has 0 aliphatic carbocycles. The minimum atomic E-state index is -3.97. The van der Waals surface area contributed by atoms with E-state index >= 15 is 0 Å². The first-order valence-electron chi connectivity index (χ1n) is 14.7. The summed E-state index contributed by atoms with van der Waals surface area (Å²) in [6, 6.07) is 15.1. The quantitative estimate of drug-likeness (QED) is 0.462. The maximum atomic E-state index is 13.8. The molecule has 42 heavy (non-hydrogen) atoms. The first-order chi connectivity index (χ1) is 20.4. The minimum absolute atomic E-state index is 0.0243. The fourth-order valence-corrected chi connectivity index (χ4v) is 7.10. The number of alkyl carbamates (subject to hydrolysis) is 1. The Bertz CT molecular complexity index is 1310. The average molecular weight is 601 g/mol. The Morgan fingerprint density at radius 2 is 1.88 bits per heavy atom. The van der Waals surface area contributed by atoms with Crippen molar-refractivity contribution >= 4 is 16.1 Å². The number of ether oxygens (including phenoxy) is 4. The van der Waals surface area contributed by atoms with Crippen molar-refractivity contribution in [1.82, 2.24) is 9.62 Å². The number of aliphatic hydroxyl groups is 1. The predicted molar refractivity (Wildman–Crippen MR) is 155 cm³/mol. The van der Waals surface area contributed by atoms with E-state index in [1.54, 1.807) is 12.1 Å². The molecular weight excluding hydrogens is 560 g/mol. The molecule has 0 spiro atoms. The number of hydrogen-bond acceptors (Lipinski definition) is 8. The third kappa shape index (κ3) is 7.90. The molecule has 2 aromatic rings. The Morgan fingerprint density at radius 3 is 2.74 bits per heavy atom. The van der Waals surface area contributed by atoms with E-state index in [0.29, 0.717) is 25.4 Å². The van der Waals surface area contributed by atoms with E-state index in [1.807, 2.05) is 30.3 Å². The standard InChI is InChI=1S/C31H40N2O8S/c34-28(21-33-16-8-3-1-2-4-9-17-38-24-13-10-14-25(20-24)42(33,36)37)27(19-23-11-6-5-7-12-23)32-31(35)41-29-22-40-30-26(29)15-18-39-30/h2,4-7,10-14,20,26-30,34H,1,3,8-9,15-19,21-22H2,(H,32,35)/b4-2-/t26?,27-,28+,29-,30+/m0/s1. The van der Waals surface area contributed by atoms with E-state index in [-0.39, 0.29) is 43.2 Å². The summed E-state index contributed by atoms with van der Waals surface area (Å²) in [6.45, 7) is 1.28. The van der Waals surface area contributed by atoms with Crippen molar-refractivity contribution in [3.63, 3.8) is 0 Å². The monoisotopic (exact) mass is 600 g/mol. The second-order valence-electron chi connectivity index (χ2n) is 10.9. The summed E-state index contributed by atoms with van der Waals surface area (Å²) in [4.78, 5) is 13.2. The highest BCUT2D eigenvalue weighted by Gasteiger charge is 2.44. The number of nitrogens with one attached hydrogen (secondary N) is 1. The SMILES string of the molecule is O=C(N[C@@H](Cc1ccccc1)[C@H](O)CN1CCCC/C=C\CCOc2cccc(c2)S1(=O)=O)O[C@H]1CO[C@H]2OCCC21. The van der Waals surface area contributed by atoms with E-state index in [2.05, 4.69) is 17.5 Å². The van der Waals surface area contributed by atoms with Crippen molar-refractivity contribution in [2.24, 2.45) is 5.92 Å². The second-order valence-corrected chi connectivity index (χ2v) is 12.9. The van der Waals surface area contributed by atoms with Gasteiger partial charge in [-0.1, -0.05) is 48.6 Å². The van der Waals surface area contributed by atoms with Crippen LogP contribution in [0.2, 0.25) is 0 Å². The third-order valence-corrected chi connectivity index (χ3v) is 9.75. The number of carbonyl (C=O) groups excluding carboxylic acids is 1. The van der Waals surface area contributed by atoms with E-state index in [0.717, 1.165) is 31.2 Å². The van der Waals surface area contributed by atoms with Crippen LogP contribution in [0.3, 0.4) is 0 Å². The molecule has 2 N–H and O–H groups in total. The molecule has 2 bridgehead atoms. The summed E-state index contributed by atoms with van der Waals surface area (Å²) >= 11 is 0.